The van der Waals surface area contributed by atoms with Gasteiger partial charge in [-0.15, -0.1) is 0 Å². The molecule has 2 rings (SSSR count). The van der Waals surface area contributed by atoms with Gasteiger partial charge < -0.3 is 10.4 Å². The van der Waals surface area contributed by atoms with E-state index in [0.29, 0.717) is 23.2 Å². The van der Waals surface area contributed by atoms with Crippen LogP contribution < -0.4 is 10.0 Å². The first kappa shape index (κ1) is 23.5. The molecule has 2 atom stereocenters. The Labute approximate surface area is 179 Å². The summed E-state index contributed by atoms with van der Waals surface area (Å²) in [5.74, 6) is 0.918. The number of nitrogens with zero attached hydrogens (tertiary/aromatic N) is 5. The zero-order valence-corrected chi connectivity index (χ0v) is 18.9. The van der Waals surface area contributed by atoms with Crippen molar-refractivity contribution >= 4 is 45.3 Å². The van der Waals surface area contributed by atoms with Crippen molar-refractivity contribution in [1.29, 1.82) is 0 Å². The van der Waals surface area contributed by atoms with E-state index in [-0.39, 0.29) is 35.0 Å². The van der Waals surface area contributed by atoms with E-state index in [1.165, 1.54) is 24.2 Å². The molecule has 13 heteroatoms. The van der Waals surface area contributed by atoms with E-state index in [2.05, 4.69) is 35.0 Å². The summed E-state index contributed by atoms with van der Waals surface area (Å²) in [7, 11) is -3.58. The second-order valence-electron chi connectivity index (χ2n) is 6.81. The van der Waals surface area contributed by atoms with Crippen LogP contribution in [-0.4, -0.2) is 57.3 Å². The number of sulfonamides is 1. The highest BCUT2D eigenvalue weighted by Gasteiger charge is 2.18. The average Bonchev–Trinajstić information content (AvgIpc) is 2.59. The average molecular weight is 462 g/mol. The summed E-state index contributed by atoms with van der Waals surface area (Å²) in [6, 6.07) is -0.279. The molecule has 3 N–H and O–H groups in total. The summed E-state index contributed by atoms with van der Waals surface area (Å²) in [5.41, 5.74) is 0. The van der Waals surface area contributed by atoms with Gasteiger partial charge in [-0.3, -0.25) is 4.72 Å². The number of thioether (sulfide) groups is 1. The van der Waals surface area contributed by atoms with Crippen molar-refractivity contribution in [1.82, 2.24) is 24.9 Å². The van der Waals surface area contributed by atoms with Crippen LogP contribution in [0.25, 0.3) is 0 Å². The van der Waals surface area contributed by atoms with Gasteiger partial charge in [-0.25, -0.2) is 18.4 Å². The number of hydrogen-bond donors (Lipinski definition) is 3. The molecule has 0 aliphatic carbocycles. The van der Waals surface area contributed by atoms with Gasteiger partial charge in [0.25, 0.3) is 0 Å². The Balaban J connectivity index is 2.29. The monoisotopic (exact) mass is 461 g/mol. The van der Waals surface area contributed by atoms with Gasteiger partial charge in [0, 0.05) is 12.4 Å². The maximum Gasteiger partial charge on any atom is 0.242 e. The van der Waals surface area contributed by atoms with Crippen molar-refractivity contribution < 1.29 is 13.5 Å². The maximum absolute atomic E-state index is 11.6. The van der Waals surface area contributed by atoms with E-state index < -0.39 is 10.0 Å². The highest BCUT2D eigenvalue weighted by atomic mass is 35.5. The lowest BCUT2D eigenvalue weighted by atomic mass is 10.0. The number of aromatic nitrogens is 5. The Morgan fingerprint density at radius 2 is 1.76 bits per heavy atom. The predicted molar refractivity (Wildman–Crippen MR) is 114 cm³/mol. The lowest BCUT2D eigenvalue weighted by Crippen LogP contribution is -2.27. The van der Waals surface area contributed by atoms with Crippen molar-refractivity contribution in [3.8, 4) is 0 Å². The van der Waals surface area contributed by atoms with Gasteiger partial charge in [-0.1, -0.05) is 37.2 Å². The molecule has 0 spiro atoms. The molecule has 10 nitrogen and oxygen atoms in total. The zero-order chi connectivity index (χ0) is 21.6. The minimum Gasteiger partial charge on any atom is -0.394 e. The Morgan fingerprint density at radius 3 is 2.31 bits per heavy atom. The summed E-state index contributed by atoms with van der Waals surface area (Å²) in [6.45, 7) is 5.81. The molecule has 29 heavy (non-hydrogen) atoms. The lowest BCUT2D eigenvalue weighted by molar-refractivity contribution is 0.259. The minimum atomic E-state index is -3.58. The van der Waals surface area contributed by atoms with Crippen LogP contribution in [0.4, 0.5) is 11.9 Å². The summed E-state index contributed by atoms with van der Waals surface area (Å²) in [5, 5.41) is 13.1. The SMILES string of the molecule is CC(C)C[C@H](CO)Nc1nc(NS(C)(=O)=O)nc(S[C@H](C)c2ncc(Cl)cn2)n1. The Bertz CT molecular complexity index is 913. The third-order valence-corrected chi connectivity index (χ3v) is 5.19. The predicted octanol–water partition coefficient (Wildman–Crippen LogP) is 2.36. The highest BCUT2D eigenvalue weighted by molar-refractivity contribution is 7.99. The zero-order valence-electron chi connectivity index (χ0n) is 16.5. The van der Waals surface area contributed by atoms with Crippen molar-refractivity contribution in [3.63, 3.8) is 0 Å². The van der Waals surface area contributed by atoms with E-state index in [0.717, 1.165) is 6.26 Å². The van der Waals surface area contributed by atoms with Crippen LogP contribution in [0.15, 0.2) is 17.6 Å². The second-order valence-corrected chi connectivity index (χ2v) is 10.3. The fourth-order valence-corrected chi connectivity index (χ4v) is 3.70. The molecule has 0 amide bonds. The normalized spacial score (nSPS) is 13.9. The molecule has 2 heterocycles. The molecule has 0 bridgehead atoms. The van der Waals surface area contributed by atoms with Crippen LogP contribution in [0, 0.1) is 5.92 Å². The molecule has 0 radical (unpaired) electrons. The first-order valence-corrected chi connectivity index (χ1v) is 12.0. The van der Waals surface area contributed by atoms with E-state index in [1.54, 1.807) is 0 Å². The third kappa shape index (κ3) is 8.25. The standard InChI is InChI=1S/C16H24ClN7O3S2/c1-9(2)5-12(8-25)20-14-21-15(24-29(4,26)27)23-16(22-14)28-10(3)13-18-6-11(17)7-19-13/h6-7,9-10,12,25H,5,8H2,1-4H3,(H2,20,21,22,23,24)/t10-,12-/m1/s1. The number of hydrogen-bond acceptors (Lipinski definition) is 10. The minimum absolute atomic E-state index is 0.113. The fraction of sp³-hybridized carbons (Fsp3) is 0.562. The van der Waals surface area contributed by atoms with Crippen molar-refractivity contribution in [2.75, 3.05) is 22.9 Å². The van der Waals surface area contributed by atoms with E-state index >= 15 is 0 Å². The number of rotatable bonds is 10. The number of halogens is 1. The van der Waals surface area contributed by atoms with Crippen molar-refractivity contribution in [2.45, 2.75) is 43.6 Å². The van der Waals surface area contributed by atoms with Crippen LogP contribution in [0.3, 0.4) is 0 Å². The molecule has 0 saturated carbocycles. The highest BCUT2D eigenvalue weighted by Crippen LogP contribution is 2.31. The van der Waals surface area contributed by atoms with Gasteiger partial charge in [0.05, 0.1) is 29.2 Å². The van der Waals surface area contributed by atoms with Gasteiger partial charge in [0.15, 0.2) is 5.16 Å². The van der Waals surface area contributed by atoms with Crippen LogP contribution in [-0.2, 0) is 10.0 Å². The molecule has 0 saturated heterocycles. The fourth-order valence-electron chi connectivity index (χ4n) is 2.36. The van der Waals surface area contributed by atoms with Gasteiger partial charge in [-0.05, 0) is 19.3 Å². The molecule has 2 aromatic rings. The second kappa shape index (κ2) is 10.3. The van der Waals surface area contributed by atoms with Crippen LogP contribution in [0.1, 0.15) is 38.3 Å². The molecular weight excluding hydrogens is 438 g/mol. The lowest BCUT2D eigenvalue weighted by Gasteiger charge is -2.19. The van der Waals surface area contributed by atoms with Crippen LogP contribution in [0.5, 0.6) is 0 Å². The van der Waals surface area contributed by atoms with Crippen LogP contribution in [0.2, 0.25) is 5.02 Å². The van der Waals surface area contributed by atoms with Crippen molar-refractivity contribution in [2.24, 2.45) is 5.92 Å². The Morgan fingerprint density at radius 1 is 1.14 bits per heavy atom. The molecule has 0 aliphatic heterocycles. The third-order valence-electron chi connectivity index (χ3n) is 3.49. The van der Waals surface area contributed by atoms with Gasteiger partial charge >= 0.3 is 0 Å². The van der Waals surface area contributed by atoms with Crippen molar-refractivity contribution in [3.05, 3.63) is 23.2 Å². The van der Waals surface area contributed by atoms with Gasteiger partial charge in [0.1, 0.15) is 5.82 Å². The Kier molecular flexibility index (Phi) is 8.37. The number of nitrogens with one attached hydrogen (secondary N) is 2. The summed E-state index contributed by atoms with van der Waals surface area (Å²) in [6.07, 6.45) is 4.69. The van der Waals surface area contributed by atoms with Gasteiger partial charge in [0.2, 0.25) is 21.9 Å². The largest absolute Gasteiger partial charge is 0.394 e. The van der Waals surface area contributed by atoms with Gasteiger partial charge in [-0.2, -0.15) is 15.0 Å². The summed E-state index contributed by atoms with van der Waals surface area (Å²) >= 11 is 7.06. The summed E-state index contributed by atoms with van der Waals surface area (Å²) in [4.78, 5) is 21.0. The quantitative estimate of drug-likeness (QED) is 0.451. The topological polar surface area (TPSA) is 143 Å². The molecule has 160 valence electrons. The number of anilines is 2. The molecular formula is C16H24ClN7O3S2. The molecule has 0 aromatic carbocycles. The molecule has 0 fully saturated rings. The molecule has 0 unspecified atom stereocenters. The maximum atomic E-state index is 11.6. The van der Waals surface area contributed by atoms with Crippen LogP contribution >= 0.6 is 23.4 Å². The molecule has 0 aliphatic rings. The van der Waals surface area contributed by atoms with E-state index in [1.807, 2.05) is 20.8 Å². The molecule has 2 aromatic heterocycles. The van der Waals surface area contributed by atoms with E-state index in [9.17, 15) is 13.5 Å². The van der Waals surface area contributed by atoms with E-state index in [4.69, 9.17) is 11.6 Å². The smallest absolute Gasteiger partial charge is 0.242 e. The first-order chi connectivity index (χ1) is 13.6. The first-order valence-electron chi connectivity index (χ1n) is 8.81. The summed E-state index contributed by atoms with van der Waals surface area (Å²) < 4.78 is 25.5. The number of aliphatic hydroxyl groups excluding tert-OH is 1. The number of aliphatic hydroxyl groups is 1. The Hall–Kier alpha value is -1.76.